The van der Waals surface area contributed by atoms with Gasteiger partial charge in [-0.15, -0.1) is 0 Å². The van der Waals surface area contributed by atoms with E-state index in [1.807, 2.05) is 13.8 Å². The van der Waals surface area contributed by atoms with E-state index in [0.29, 0.717) is 0 Å². The third-order valence-electron chi connectivity index (χ3n) is 3.13. The van der Waals surface area contributed by atoms with E-state index in [9.17, 15) is 13.2 Å². The number of alkyl halides is 3. The average molecular weight is 244 g/mol. The van der Waals surface area contributed by atoms with Crippen molar-refractivity contribution in [3.63, 3.8) is 0 Å². The van der Waals surface area contributed by atoms with Gasteiger partial charge < -0.3 is 0 Å². The van der Waals surface area contributed by atoms with Crippen LogP contribution in [0.15, 0.2) is 18.2 Å². The summed E-state index contributed by atoms with van der Waals surface area (Å²) in [5.41, 5.74) is 1.23. The Balaban J connectivity index is 2.98. The minimum atomic E-state index is -4.24. The number of halogens is 3. The molecule has 0 radical (unpaired) electrons. The summed E-state index contributed by atoms with van der Waals surface area (Å²) in [4.78, 5) is 0. The predicted molar refractivity (Wildman–Crippen MR) is 64.1 cm³/mol. The Morgan fingerprint density at radius 2 is 1.88 bits per heavy atom. The lowest BCUT2D eigenvalue weighted by Gasteiger charge is -2.17. The van der Waals surface area contributed by atoms with E-state index in [1.165, 1.54) is 6.07 Å². The van der Waals surface area contributed by atoms with E-state index in [4.69, 9.17) is 0 Å². The van der Waals surface area contributed by atoms with Gasteiger partial charge in [-0.1, -0.05) is 32.8 Å². The van der Waals surface area contributed by atoms with Crippen molar-refractivity contribution >= 4 is 0 Å². The number of aryl methyl sites for hydroxylation is 1. The lowest BCUT2D eigenvalue weighted by atomic mass is 9.90. The first kappa shape index (κ1) is 14.1. The minimum Gasteiger partial charge on any atom is -0.166 e. The molecule has 0 N–H and O–H groups in total. The van der Waals surface area contributed by atoms with Crippen LogP contribution in [0.1, 0.15) is 55.7 Å². The van der Waals surface area contributed by atoms with Gasteiger partial charge in [-0.25, -0.2) is 0 Å². The normalized spacial score (nSPS) is 13.8. The van der Waals surface area contributed by atoms with Crippen molar-refractivity contribution < 1.29 is 13.2 Å². The van der Waals surface area contributed by atoms with Gasteiger partial charge in [0.2, 0.25) is 0 Å². The quantitative estimate of drug-likeness (QED) is 0.673. The highest BCUT2D eigenvalue weighted by Crippen LogP contribution is 2.33. The molecular weight excluding hydrogens is 225 g/mol. The highest BCUT2D eigenvalue weighted by molar-refractivity contribution is 5.34. The Morgan fingerprint density at radius 3 is 2.41 bits per heavy atom. The summed E-state index contributed by atoms with van der Waals surface area (Å²) >= 11 is 0. The number of hydrogen-bond acceptors (Lipinski definition) is 0. The van der Waals surface area contributed by atoms with Crippen LogP contribution in [0, 0.1) is 6.92 Å². The maximum absolute atomic E-state index is 12.6. The summed E-state index contributed by atoms with van der Waals surface area (Å²) in [5, 5.41) is 0. The third-order valence-corrected chi connectivity index (χ3v) is 3.13. The lowest BCUT2D eigenvalue weighted by Crippen LogP contribution is -2.07. The molecule has 0 aromatic heterocycles. The SMILES string of the molecule is CCCCC(C)c1cc(C(F)(F)F)ccc1C. The van der Waals surface area contributed by atoms with Crippen molar-refractivity contribution in [1.82, 2.24) is 0 Å². The molecule has 0 nitrogen and oxygen atoms in total. The highest BCUT2D eigenvalue weighted by atomic mass is 19.4. The van der Waals surface area contributed by atoms with Crippen LogP contribution in [0.2, 0.25) is 0 Å². The zero-order valence-corrected chi connectivity index (χ0v) is 10.6. The molecule has 0 saturated carbocycles. The predicted octanol–water partition coefficient (Wildman–Crippen LogP) is 5.31. The van der Waals surface area contributed by atoms with Crippen molar-refractivity contribution in [3.05, 3.63) is 34.9 Å². The summed E-state index contributed by atoms with van der Waals surface area (Å²) in [6.45, 7) is 5.96. The fourth-order valence-electron chi connectivity index (χ4n) is 2.01. The number of benzene rings is 1. The maximum atomic E-state index is 12.6. The van der Waals surface area contributed by atoms with Crippen LogP contribution < -0.4 is 0 Å². The molecule has 0 fully saturated rings. The Labute approximate surface area is 101 Å². The zero-order valence-electron chi connectivity index (χ0n) is 10.6. The van der Waals surface area contributed by atoms with Gasteiger partial charge in [-0.2, -0.15) is 13.2 Å². The molecule has 0 aliphatic carbocycles. The van der Waals surface area contributed by atoms with Crippen LogP contribution in [-0.4, -0.2) is 0 Å². The molecule has 1 rings (SSSR count). The molecule has 0 saturated heterocycles. The van der Waals surface area contributed by atoms with Crippen molar-refractivity contribution in [3.8, 4) is 0 Å². The van der Waals surface area contributed by atoms with Crippen LogP contribution in [0.5, 0.6) is 0 Å². The fraction of sp³-hybridized carbons (Fsp3) is 0.571. The van der Waals surface area contributed by atoms with Gasteiger partial charge in [0.25, 0.3) is 0 Å². The van der Waals surface area contributed by atoms with Gasteiger partial charge in [0.05, 0.1) is 5.56 Å². The first-order valence-electron chi connectivity index (χ1n) is 6.04. The first-order chi connectivity index (χ1) is 7.86. The highest BCUT2D eigenvalue weighted by Gasteiger charge is 2.31. The Morgan fingerprint density at radius 1 is 1.24 bits per heavy atom. The van der Waals surface area contributed by atoms with Crippen LogP contribution in [-0.2, 0) is 6.18 Å². The molecule has 3 heteroatoms. The van der Waals surface area contributed by atoms with Crippen LogP contribution in [0.3, 0.4) is 0 Å². The topological polar surface area (TPSA) is 0 Å². The van der Waals surface area contributed by atoms with E-state index in [-0.39, 0.29) is 5.92 Å². The largest absolute Gasteiger partial charge is 0.416 e. The molecular formula is C14H19F3. The van der Waals surface area contributed by atoms with Crippen molar-refractivity contribution in [2.75, 3.05) is 0 Å². The van der Waals surface area contributed by atoms with Crippen LogP contribution >= 0.6 is 0 Å². The molecule has 0 aliphatic rings. The van der Waals surface area contributed by atoms with Crippen LogP contribution in [0.25, 0.3) is 0 Å². The zero-order chi connectivity index (χ0) is 13.1. The number of rotatable bonds is 4. The summed E-state index contributed by atoms with van der Waals surface area (Å²) in [7, 11) is 0. The third kappa shape index (κ3) is 3.76. The second-order valence-electron chi connectivity index (χ2n) is 4.61. The van der Waals surface area contributed by atoms with E-state index >= 15 is 0 Å². The summed E-state index contributed by atoms with van der Waals surface area (Å²) in [6, 6.07) is 4.03. The Bertz CT molecular complexity index is 366. The number of unbranched alkanes of at least 4 members (excludes halogenated alkanes) is 1. The second-order valence-corrected chi connectivity index (χ2v) is 4.61. The molecule has 1 aromatic rings. The van der Waals surface area contributed by atoms with E-state index in [1.54, 1.807) is 6.07 Å². The molecule has 0 aliphatic heterocycles. The molecule has 0 spiro atoms. The van der Waals surface area contributed by atoms with E-state index < -0.39 is 11.7 Å². The monoisotopic (exact) mass is 244 g/mol. The van der Waals surface area contributed by atoms with E-state index in [2.05, 4.69) is 6.92 Å². The summed E-state index contributed by atoms with van der Waals surface area (Å²) in [5.74, 6) is 0.192. The van der Waals surface area contributed by atoms with Crippen LogP contribution in [0.4, 0.5) is 13.2 Å². The van der Waals surface area contributed by atoms with Gasteiger partial charge >= 0.3 is 6.18 Å². The number of hydrogen-bond donors (Lipinski definition) is 0. The van der Waals surface area contributed by atoms with Gasteiger partial charge in [-0.3, -0.25) is 0 Å². The molecule has 0 amide bonds. The Hall–Kier alpha value is -0.990. The second kappa shape index (κ2) is 5.56. The van der Waals surface area contributed by atoms with Gasteiger partial charge in [-0.05, 0) is 42.5 Å². The Kier molecular flexibility index (Phi) is 4.61. The standard InChI is InChI=1S/C14H19F3/c1-4-5-6-10(2)13-9-12(14(15,16)17)8-7-11(13)3/h7-10H,4-6H2,1-3H3. The minimum absolute atomic E-state index is 0.192. The van der Waals surface area contributed by atoms with Crippen molar-refractivity contribution in [2.45, 2.75) is 52.1 Å². The molecule has 0 bridgehead atoms. The molecule has 96 valence electrons. The van der Waals surface area contributed by atoms with Crippen molar-refractivity contribution in [1.29, 1.82) is 0 Å². The molecule has 17 heavy (non-hydrogen) atoms. The smallest absolute Gasteiger partial charge is 0.166 e. The molecule has 1 unspecified atom stereocenters. The fourth-order valence-corrected chi connectivity index (χ4v) is 2.01. The molecule has 0 heterocycles. The molecule has 1 atom stereocenters. The van der Waals surface area contributed by atoms with Gasteiger partial charge in [0, 0.05) is 0 Å². The van der Waals surface area contributed by atoms with Gasteiger partial charge in [0.1, 0.15) is 0 Å². The van der Waals surface area contributed by atoms with E-state index in [0.717, 1.165) is 36.5 Å². The average Bonchev–Trinajstić information content (AvgIpc) is 2.24. The molecule has 1 aromatic carbocycles. The summed E-state index contributed by atoms with van der Waals surface area (Å²) < 4.78 is 37.8. The summed E-state index contributed by atoms with van der Waals surface area (Å²) in [6.07, 6.45) is -1.18. The van der Waals surface area contributed by atoms with Crippen molar-refractivity contribution in [2.24, 2.45) is 0 Å². The first-order valence-corrected chi connectivity index (χ1v) is 6.04. The maximum Gasteiger partial charge on any atom is 0.416 e. The lowest BCUT2D eigenvalue weighted by molar-refractivity contribution is -0.137. The van der Waals surface area contributed by atoms with Gasteiger partial charge in [0.15, 0.2) is 0 Å².